The van der Waals surface area contributed by atoms with Crippen molar-refractivity contribution >= 4 is 23.2 Å². The SMILES string of the molecule is Fc1cc(-c2cc(Cl)ccc2Cl)cnc1F. The van der Waals surface area contributed by atoms with E-state index in [9.17, 15) is 8.78 Å². The fraction of sp³-hybridized carbons (Fsp3) is 0. The minimum atomic E-state index is -1.14. The molecule has 2 rings (SSSR count). The Morgan fingerprint density at radius 1 is 1.06 bits per heavy atom. The molecule has 1 nitrogen and oxygen atoms in total. The molecule has 0 aliphatic rings. The lowest BCUT2D eigenvalue weighted by Gasteiger charge is -2.04. The Balaban J connectivity index is 2.58. The summed E-state index contributed by atoms with van der Waals surface area (Å²) < 4.78 is 25.6. The van der Waals surface area contributed by atoms with Crippen molar-refractivity contribution in [1.29, 1.82) is 0 Å². The van der Waals surface area contributed by atoms with Gasteiger partial charge in [-0.05, 0) is 24.3 Å². The molecule has 2 aromatic rings. The van der Waals surface area contributed by atoms with Crippen molar-refractivity contribution < 1.29 is 8.78 Å². The highest BCUT2D eigenvalue weighted by Crippen LogP contribution is 2.30. The first-order valence-corrected chi connectivity index (χ1v) is 5.10. The molecule has 0 N–H and O–H groups in total. The van der Waals surface area contributed by atoms with Crippen molar-refractivity contribution in [3.05, 3.63) is 52.3 Å². The number of hydrogen-bond donors (Lipinski definition) is 0. The number of nitrogens with zero attached hydrogens (tertiary/aromatic N) is 1. The van der Waals surface area contributed by atoms with Crippen LogP contribution < -0.4 is 0 Å². The number of rotatable bonds is 1. The van der Waals surface area contributed by atoms with Crippen molar-refractivity contribution in [2.24, 2.45) is 0 Å². The summed E-state index contributed by atoms with van der Waals surface area (Å²) in [5, 5.41) is 0.862. The largest absolute Gasteiger partial charge is 0.248 e. The van der Waals surface area contributed by atoms with Crippen LogP contribution in [-0.4, -0.2) is 4.98 Å². The number of benzene rings is 1. The molecule has 0 saturated heterocycles. The predicted octanol–water partition coefficient (Wildman–Crippen LogP) is 4.33. The van der Waals surface area contributed by atoms with Crippen molar-refractivity contribution in [3.8, 4) is 11.1 Å². The van der Waals surface area contributed by atoms with Crippen LogP contribution in [0.4, 0.5) is 8.78 Å². The van der Waals surface area contributed by atoms with E-state index in [1.54, 1.807) is 18.2 Å². The zero-order valence-corrected chi connectivity index (χ0v) is 9.36. The third-order valence-electron chi connectivity index (χ3n) is 2.04. The Morgan fingerprint density at radius 2 is 1.81 bits per heavy atom. The Hall–Kier alpha value is -1.19. The maximum Gasteiger partial charge on any atom is 0.248 e. The molecule has 82 valence electrons. The number of hydrogen-bond acceptors (Lipinski definition) is 1. The van der Waals surface area contributed by atoms with E-state index in [2.05, 4.69) is 4.98 Å². The van der Waals surface area contributed by atoms with Gasteiger partial charge < -0.3 is 0 Å². The van der Waals surface area contributed by atoms with Gasteiger partial charge in [0, 0.05) is 27.4 Å². The van der Waals surface area contributed by atoms with Crippen LogP contribution in [0, 0.1) is 11.8 Å². The molecule has 1 heterocycles. The van der Waals surface area contributed by atoms with Crippen molar-refractivity contribution in [3.63, 3.8) is 0 Å². The number of pyridine rings is 1. The zero-order chi connectivity index (χ0) is 11.7. The molecule has 0 unspecified atom stereocenters. The van der Waals surface area contributed by atoms with Crippen molar-refractivity contribution in [1.82, 2.24) is 4.98 Å². The third-order valence-corrected chi connectivity index (χ3v) is 2.60. The first-order valence-electron chi connectivity index (χ1n) is 4.34. The number of halogens is 4. The van der Waals surface area contributed by atoms with Gasteiger partial charge in [-0.25, -0.2) is 9.37 Å². The third kappa shape index (κ3) is 2.15. The molecule has 0 saturated carbocycles. The fourth-order valence-corrected chi connectivity index (χ4v) is 1.69. The summed E-state index contributed by atoms with van der Waals surface area (Å²) in [7, 11) is 0. The molecule has 0 bridgehead atoms. The van der Waals surface area contributed by atoms with Crippen LogP contribution in [0.25, 0.3) is 11.1 Å². The Bertz CT molecular complexity index is 544. The first-order chi connectivity index (χ1) is 7.58. The van der Waals surface area contributed by atoms with Gasteiger partial charge in [0.05, 0.1) is 0 Å². The van der Waals surface area contributed by atoms with Gasteiger partial charge in [-0.2, -0.15) is 4.39 Å². The monoisotopic (exact) mass is 259 g/mol. The maximum absolute atomic E-state index is 13.0. The van der Waals surface area contributed by atoms with Crippen molar-refractivity contribution in [2.75, 3.05) is 0 Å². The molecule has 0 atom stereocenters. The summed E-state index contributed by atoms with van der Waals surface area (Å²) in [6, 6.07) is 5.79. The van der Waals surface area contributed by atoms with Gasteiger partial charge >= 0.3 is 0 Å². The highest BCUT2D eigenvalue weighted by Gasteiger charge is 2.09. The lowest BCUT2D eigenvalue weighted by atomic mass is 10.1. The highest BCUT2D eigenvalue weighted by molar-refractivity contribution is 6.35. The van der Waals surface area contributed by atoms with E-state index in [0.717, 1.165) is 6.07 Å². The lowest BCUT2D eigenvalue weighted by molar-refractivity contribution is 0.480. The Kier molecular flexibility index (Phi) is 3.08. The van der Waals surface area contributed by atoms with E-state index >= 15 is 0 Å². The molecule has 1 aromatic heterocycles. The molecule has 0 spiro atoms. The van der Waals surface area contributed by atoms with Crippen LogP contribution in [0.3, 0.4) is 0 Å². The van der Waals surface area contributed by atoms with Gasteiger partial charge in [0.1, 0.15) is 0 Å². The Labute approximate surface area is 101 Å². The van der Waals surface area contributed by atoms with E-state index < -0.39 is 11.8 Å². The highest BCUT2D eigenvalue weighted by atomic mass is 35.5. The molecular weight excluding hydrogens is 255 g/mol. The fourth-order valence-electron chi connectivity index (χ4n) is 1.29. The van der Waals surface area contributed by atoms with Gasteiger partial charge in [0.2, 0.25) is 5.95 Å². The normalized spacial score (nSPS) is 10.5. The van der Waals surface area contributed by atoms with E-state index in [4.69, 9.17) is 23.2 Å². The predicted molar refractivity (Wildman–Crippen MR) is 59.6 cm³/mol. The zero-order valence-electron chi connectivity index (χ0n) is 7.85. The average Bonchev–Trinajstić information content (AvgIpc) is 2.26. The van der Waals surface area contributed by atoms with Crippen LogP contribution in [0.1, 0.15) is 0 Å². The van der Waals surface area contributed by atoms with Gasteiger partial charge in [-0.1, -0.05) is 23.2 Å². The maximum atomic E-state index is 13.0. The van der Waals surface area contributed by atoms with Gasteiger partial charge in [-0.15, -0.1) is 0 Å². The number of aromatic nitrogens is 1. The first kappa shape index (κ1) is 11.3. The summed E-state index contributed by atoms with van der Waals surface area (Å²) in [4.78, 5) is 3.28. The minimum absolute atomic E-state index is 0.381. The molecule has 0 aliphatic carbocycles. The van der Waals surface area contributed by atoms with Gasteiger partial charge in [0.25, 0.3) is 0 Å². The molecule has 0 fully saturated rings. The van der Waals surface area contributed by atoms with E-state index in [0.29, 0.717) is 21.2 Å². The van der Waals surface area contributed by atoms with E-state index in [1.807, 2.05) is 0 Å². The average molecular weight is 260 g/mol. The molecule has 16 heavy (non-hydrogen) atoms. The molecule has 0 amide bonds. The van der Waals surface area contributed by atoms with Crippen molar-refractivity contribution in [2.45, 2.75) is 0 Å². The lowest BCUT2D eigenvalue weighted by Crippen LogP contribution is -1.90. The quantitative estimate of drug-likeness (QED) is 0.695. The second-order valence-electron chi connectivity index (χ2n) is 3.12. The second kappa shape index (κ2) is 4.36. The molecular formula is C11H5Cl2F2N. The van der Waals surface area contributed by atoms with Crippen LogP contribution in [0.2, 0.25) is 10.0 Å². The molecule has 5 heteroatoms. The van der Waals surface area contributed by atoms with Crippen LogP contribution >= 0.6 is 23.2 Å². The summed E-state index contributed by atoms with van der Waals surface area (Å²) in [6.45, 7) is 0. The molecule has 0 radical (unpaired) electrons. The summed E-state index contributed by atoms with van der Waals surface area (Å²) in [5.74, 6) is -2.16. The molecule has 0 aliphatic heterocycles. The summed E-state index contributed by atoms with van der Waals surface area (Å²) in [5.41, 5.74) is 0.895. The minimum Gasteiger partial charge on any atom is -0.225 e. The standard InChI is InChI=1S/C11H5Cl2F2N/c12-7-1-2-9(13)8(4-7)6-3-10(14)11(15)16-5-6/h1-5H. The van der Waals surface area contributed by atoms with Gasteiger partial charge in [-0.3, -0.25) is 0 Å². The van der Waals surface area contributed by atoms with E-state index in [1.165, 1.54) is 6.20 Å². The summed E-state index contributed by atoms with van der Waals surface area (Å²) >= 11 is 11.7. The van der Waals surface area contributed by atoms with Crippen LogP contribution in [0.15, 0.2) is 30.5 Å². The topological polar surface area (TPSA) is 12.9 Å². The van der Waals surface area contributed by atoms with E-state index in [-0.39, 0.29) is 0 Å². The molecule has 1 aromatic carbocycles. The van der Waals surface area contributed by atoms with Crippen LogP contribution in [0.5, 0.6) is 0 Å². The van der Waals surface area contributed by atoms with Gasteiger partial charge in [0.15, 0.2) is 5.82 Å². The second-order valence-corrected chi connectivity index (χ2v) is 3.96. The summed E-state index contributed by atoms with van der Waals surface area (Å²) in [6.07, 6.45) is 1.20. The van der Waals surface area contributed by atoms with Crippen LogP contribution in [-0.2, 0) is 0 Å². The smallest absolute Gasteiger partial charge is 0.225 e. The Morgan fingerprint density at radius 3 is 2.50 bits per heavy atom.